The molecule has 32 heavy (non-hydrogen) atoms. The van der Waals surface area contributed by atoms with Crippen molar-refractivity contribution >= 4 is 16.8 Å². The molecule has 2 fully saturated rings. The first-order chi connectivity index (χ1) is 15.7. The van der Waals surface area contributed by atoms with Gasteiger partial charge < -0.3 is 9.64 Å². The number of carbonyl (C=O) groups is 1. The lowest BCUT2D eigenvalue weighted by atomic mass is 9.72. The van der Waals surface area contributed by atoms with Gasteiger partial charge in [-0.2, -0.15) is 0 Å². The van der Waals surface area contributed by atoms with E-state index in [1.807, 2.05) is 12.3 Å². The molecule has 0 saturated carbocycles. The van der Waals surface area contributed by atoms with E-state index in [0.717, 1.165) is 56.3 Å². The molecule has 5 rings (SSSR count). The lowest BCUT2D eigenvalue weighted by Gasteiger charge is -2.42. The Bertz CT molecular complexity index is 1070. The fourth-order valence-electron chi connectivity index (χ4n) is 5.50. The number of carbonyl (C=O) groups excluding carboxylic acids is 1. The summed E-state index contributed by atoms with van der Waals surface area (Å²) in [5.41, 5.74) is 4.40. The summed E-state index contributed by atoms with van der Waals surface area (Å²) in [6.07, 6.45) is 6.57. The molecule has 2 aromatic carbocycles. The van der Waals surface area contributed by atoms with Crippen LogP contribution in [-0.2, 0) is 21.4 Å². The SMILES string of the molecule is Cc1ccc(C2(C(=O)N3CCC(Cc4cccc5cccnc45)CC3)CCOCC2)cc1. The standard InChI is InChI=1S/C28H32N2O2/c1-21-7-9-25(10-8-21)28(13-18-32-19-14-28)27(31)30-16-11-22(12-17-30)20-24-5-2-4-23-6-3-15-29-26(23)24/h2-10,15,22H,11-14,16-20H2,1H3. The maximum Gasteiger partial charge on any atom is 0.233 e. The summed E-state index contributed by atoms with van der Waals surface area (Å²) in [6.45, 7) is 5.10. The second kappa shape index (κ2) is 9.03. The maximum absolute atomic E-state index is 13.9. The zero-order valence-corrected chi connectivity index (χ0v) is 18.9. The maximum atomic E-state index is 13.9. The van der Waals surface area contributed by atoms with Crippen LogP contribution in [0.4, 0.5) is 0 Å². The van der Waals surface area contributed by atoms with E-state index in [0.29, 0.717) is 25.0 Å². The molecule has 2 aliphatic rings. The van der Waals surface area contributed by atoms with Crippen molar-refractivity contribution in [1.29, 1.82) is 0 Å². The molecule has 1 aromatic heterocycles. The number of aryl methyl sites for hydroxylation is 1. The topological polar surface area (TPSA) is 42.4 Å². The van der Waals surface area contributed by atoms with Crippen LogP contribution in [0.3, 0.4) is 0 Å². The molecule has 1 amide bonds. The van der Waals surface area contributed by atoms with Gasteiger partial charge in [-0.1, -0.05) is 54.1 Å². The molecule has 0 aliphatic carbocycles. The molecular formula is C28H32N2O2. The van der Waals surface area contributed by atoms with E-state index in [2.05, 4.69) is 65.3 Å². The van der Waals surface area contributed by atoms with Crippen molar-refractivity contribution in [3.63, 3.8) is 0 Å². The number of rotatable bonds is 4. The van der Waals surface area contributed by atoms with Crippen LogP contribution in [0.1, 0.15) is 42.4 Å². The van der Waals surface area contributed by atoms with Gasteiger partial charge in [0.2, 0.25) is 5.91 Å². The molecule has 2 aliphatic heterocycles. The van der Waals surface area contributed by atoms with Crippen molar-refractivity contribution in [3.8, 4) is 0 Å². The Morgan fingerprint density at radius 2 is 1.75 bits per heavy atom. The number of likely N-dealkylation sites (tertiary alicyclic amines) is 1. The first-order valence-corrected chi connectivity index (χ1v) is 11.9. The van der Waals surface area contributed by atoms with Crippen molar-refractivity contribution in [3.05, 3.63) is 77.5 Å². The van der Waals surface area contributed by atoms with E-state index >= 15 is 0 Å². The van der Waals surface area contributed by atoms with Gasteiger partial charge in [0.1, 0.15) is 0 Å². The number of aromatic nitrogens is 1. The molecule has 2 saturated heterocycles. The second-order valence-electron chi connectivity index (χ2n) is 9.49. The molecule has 0 radical (unpaired) electrons. The van der Waals surface area contributed by atoms with Crippen molar-refractivity contribution in [2.45, 2.75) is 44.4 Å². The number of hydrogen-bond acceptors (Lipinski definition) is 3. The molecule has 166 valence electrons. The van der Waals surface area contributed by atoms with E-state index in [9.17, 15) is 4.79 Å². The van der Waals surface area contributed by atoms with Gasteiger partial charge in [-0.15, -0.1) is 0 Å². The summed E-state index contributed by atoms with van der Waals surface area (Å²) < 4.78 is 5.65. The fraction of sp³-hybridized carbons (Fsp3) is 0.429. The third-order valence-corrected chi connectivity index (χ3v) is 7.49. The summed E-state index contributed by atoms with van der Waals surface area (Å²) in [5.74, 6) is 0.895. The van der Waals surface area contributed by atoms with Gasteiger partial charge in [0, 0.05) is 37.9 Å². The minimum atomic E-state index is -0.432. The molecule has 0 bridgehead atoms. The summed E-state index contributed by atoms with van der Waals surface area (Å²) in [5, 5.41) is 1.21. The lowest BCUT2D eigenvalue weighted by Crippen LogP contribution is -2.52. The smallest absolute Gasteiger partial charge is 0.233 e. The Kier molecular flexibility index (Phi) is 5.97. The van der Waals surface area contributed by atoms with Crippen LogP contribution in [0.15, 0.2) is 60.8 Å². The predicted octanol–water partition coefficient (Wildman–Crippen LogP) is 5.07. The lowest BCUT2D eigenvalue weighted by molar-refractivity contribution is -0.142. The van der Waals surface area contributed by atoms with Crippen molar-refractivity contribution in [1.82, 2.24) is 9.88 Å². The Balaban J connectivity index is 1.29. The van der Waals surface area contributed by atoms with Gasteiger partial charge in [0.05, 0.1) is 10.9 Å². The number of pyridine rings is 1. The van der Waals surface area contributed by atoms with Gasteiger partial charge in [0.25, 0.3) is 0 Å². The molecule has 0 atom stereocenters. The molecule has 4 heteroatoms. The van der Waals surface area contributed by atoms with Crippen LogP contribution in [0.25, 0.3) is 10.9 Å². The minimum absolute atomic E-state index is 0.301. The summed E-state index contributed by atoms with van der Waals surface area (Å²) in [7, 11) is 0. The molecular weight excluding hydrogens is 396 g/mol. The molecule has 0 N–H and O–H groups in total. The van der Waals surface area contributed by atoms with Crippen LogP contribution < -0.4 is 0 Å². The fourth-order valence-corrected chi connectivity index (χ4v) is 5.50. The highest BCUT2D eigenvalue weighted by atomic mass is 16.5. The molecule has 3 heterocycles. The van der Waals surface area contributed by atoms with Gasteiger partial charge in [-0.25, -0.2) is 0 Å². The van der Waals surface area contributed by atoms with Crippen LogP contribution in [0, 0.1) is 12.8 Å². The normalized spacial score (nSPS) is 19.2. The summed E-state index contributed by atoms with van der Waals surface area (Å²) >= 11 is 0. The van der Waals surface area contributed by atoms with Crippen LogP contribution >= 0.6 is 0 Å². The molecule has 0 spiro atoms. The number of piperidine rings is 1. The van der Waals surface area contributed by atoms with Gasteiger partial charge >= 0.3 is 0 Å². The number of benzene rings is 2. The van der Waals surface area contributed by atoms with Crippen molar-refractivity contribution in [2.24, 2.45) is 5.92 Å². The molecule has 3 aromatic rings. The van der Waals surface area contributed by atoms with E-state index in [-0.39, 0.29) is 0 Å². The third-order valence-electron chi connectivity index (χ3n) is 7.49. The average molecular weight is 429 g/mol. The second-order valence-corrected chi connectivity index (χ2v) is 9.49. The quantitative estimate of drug-likeness (QED) is 0.582. The monoisotopic (exact) mass is 428 g/mol. The molecule has 0 unspecified atom stereocenters. The summed E-state index contributed by atoms with van der Waals surface area (Å²) in [6, 6.07) is 19.2. The number of amides is 1. The number of hydrogen-bond donors (Lipinski definition) is 0. The zero-order valence-electron chi connectivity index (χ0n) is 18.9. The van der Waals surface area contributed by atoms with Crippen LogP contribution in [-0.4, -0.2) is 42.1 Å². The van der Waals surface area contributed by atoms with Crippen LogP contribution in [0.2, 0.25) is 0 Å². The summed E-state index contributed by atoms with van der Waals surface area (Å²) in [4.78, 5) is 20.6. The minimum Gasteiger partial charge on any atom is -0.381 e. The predicted molar refractivity (Wildman–Crippen MR) is 128 cm³/mol. The van der Waals surface area contributed by atoms with E-state index in [1.165, 1.54) is 16.5 Å². The van der Waals surface area contributed by atoms with Crippen LogP contribution in [0.5, 0.6) is 0 Å². The number of para-hydroxylation sites is 1. The van der Waals surface area contributed by atoms with Gasteiger partial charge in [-0.3, -0.25) is 9.78 Å². The van der Waals surface area contributed by atoms with E-state index < -0.39 is 5.41 Å². The zero-order chi connectivity index (χ0) is 22.0. The number of ether oxygens (including phenoxy) is 1. The average Bonchev–Trinajstić information content (AvgIpc) is 2.85. The first kappa shape index (κ1) is 21.1. The Morgan fingerprint density at radius 3 is 2.50 bits per heavy atom. The van der Waals surface area contributed by atoms with Gasteiger partial charge in [-0.05, 0) is 62.1 Å². The van der Waals surface area contributed by atoms with Crippen molar-refractivity contribution in [2.75, 3.05) is 26.3 Å². The highest BCUT2D eigenvalue weighted by Gasteiger charge is 2.44. The van der Waals surface area contributed by atoms with Crippen molar-refractivity contribution < 1.29 is 9.53 Å². The highest BCUT2D eigenvalue weighted by molar-refractivity contribution is 5.88. The molecule has 4 nitrogen and oxygen atoms in total. The Morgan fingerprint density at radius 1 is 1.03 bits per heavy atom. The number of fused-ring (bicyclic) bond motifs is 1. The third kappa shape index (κ3) is 4.04. The Labute approximate surface area is 190 Å². The van der Waals surface area contributed by atoms with E-state index in [1.54, 1.807) is 0 Å². The van der Waals surface area contributed by atoms with E-state index in [4.69, 9.17) is 4.74 Å². The Hall–Kier alpha value is -2.72. The first-order valence-electron chi connectivity index (χ1n) is 11.9. The largest absolute Gasteiger partial charge is 0.381 e. The van der Waals surface area contributed by atoms with Gasteiger partial charge in [0.15, 0.2) is 0 Å². The number of nitrogens with zero attached hydrogens (tertiary/aromatic N) is 2. The highest BCUT2D eigenvalue weighted by Crippen LogP contribution is 2.38.